The Hall–Kier alpha value is -2.80. The van der Waals surface area contributed by atoms with Gasteiger partial charge in [0.2, 0.25) is 5.91 Å². The van der Waals surface area contributed by atoms with Gasteiger partial charge in [0.25, 0.3) is 0 Å². The number of nitrogens with two attached hydrogens (primary N) is 1. The fraction of sp³-hybridized carbons (Fsp3) is 0.435. The third-order valence-corrected chi connectivity index (χ3v) is 7.20. The van der Waals surface area contributed by atoms with Crippen LogP contribution in [0.25, 0.3) is 22.0 Å². The third kappa shape index (κ3) is 3.22. The second-order valence-corrected chi connectivity index (χ2v) is 9.33. The van der Waals surface area contributed by atoms with Gasteiger partial charge in [-0.05, 0) is 44.7 Å². The summed E-state index contributed by atoms with van der Waals surface area (Å²) >= 11 is 6.71. The molecule has 2 aliphatic rings. The number of amides is 1. The quantitative estimate of drug-likeness (QED) is 0.644. The summed E-state index contributed by atoms with van der Waals surface area (Å²) in [6.45, 7) is 6.53. The number of fused-ring (bicyclic) bond motifs is 1. The number of nitrogens with zero attached hydrogens (tertiary/aromatic N) is 4. The van der Waals surface area contributed by atoms with Crippen LogP contribution in [0.1, 0.15) is 39.2 Å². The van der Waals surface area contributed by atoms with Gasteiger partial charge in [0.05, 0.1) is 22.8 Å². The first-order valence-corrected chi connectivity index (χ1v) is 11.2. The van der Waals surface area contributed by atoms with E-state index in [1.807, 2.05) is 10.9 Å². The van der Waals surface area contributed by atoms with Crippen molar-refractivity contribution in [2.24, 2.45) is 5.41 Å². The van der Waals surface area contributed by atoms with E-state index >= 15 is 0 Å². The first-order valence-electron chi connectivity index (χ1n) is 10.8. The minimum Gasteiger partial charge on any atom is -0.382 e. The maximum Gasteiger partial charge on any atom is 0.226 e. The molecule has 162 valence electrons. The third-order valence-electron chi connectivity index (χ3n) is 6.83. The molecule has 1 aromatic carbocycles. The number of hydrogen-bond acceptors (Lipinski definition) is 5. The van der Waals surface area contributed by atoms with Crippen LogP contribution in [0.2, 0.25) is 5.02 Å². The maximum absolute atomic E-state index is 12.4. The second kappa shape index (κ2) is 7.41. The fourth-order valence-corrected chi connectivity index (χ4v) is 5.25. The van der Waals surface area contributed by atoms with Gasteiger partial charge in [-0.1, -0.05) is 23.7 Å². The number of pyridine rings is 1. The molecule has 31 heavy (non-hydrogen) atoms. The summed E-state index contributed by atoms with van der Waals surface area (Å²) in [4.78, 5) is 19.0. The van der Waals surface area contributed by atoms with Crippen LogP contribution in [0.3, 0.4) is 0 Å². The first kappa shape index (κ1) is 20.1. The van der Waals surface area contributed by atoms with Gasteiger partial charge >= 0.3 is 0 Å². The zero-order chi connectivity index (χ0) is 21.8. The van der Waals surface area contributed by atoms with E-state index in [2.05, 4.69) is 52.3 Å². The van der Waals surface area contributed by atoms with Crippen molar-refractivity contribution in [2.75, 3.05) is 30.3 Å². The molecule has 2 saturated heterocycles. The minimum absolute atomic E-state index is 0.195. The molecule has 2 aromatic heterocycles. The molecule has 1 spiro atoms. The molecule has 0 atom stereocenters. The van der Waals surface area contributed by atoms with E-state index in [1.54, 1.807) is 6.20 Å². The van der Waals surface area contributed by atoms with Crippen LogP contribution in [0.4, 0.5) is 11.5 Å². The lowest BCUT2D eigenvalue weighted by atomic mass is 9.77. The molecule has 3 aromatic rings. The molecule has 4 heterocycles. The van der Waals surface area contributed by atoms with Crippen molar-refractivity contribution >= 4 is 39.9 Å². The monoisotopic (exact) mass is 438 g/mol. The van der Waals surface area contributed by atoms with Crippen molar-refractivity contribution in [3.8, 4) is 11.1 Å². The maximum atomic E-state index is 12.4. The lowest BCUT2D eigenvalue weighted by Crippen LogP contribution is -2.44. The molecule has 3 N–H and O–H groups in total. The van der Waals surface area contributed by atoms with E-state index in [0.717, 1.165) is 66.6 Å². The Morgan fingerprint density at radius 1 is 1.19 bits per heavy atom. The van der Waals surface area contributed by atoms with Gasteiger partial charge in [-0.25, -0.2) is 4.98 Å². The van der Waals surface area contributed by atoms with Crippen molar-refractivity contribution < 1.29 is 4.79 Å². The molecule has 0 unspecified atom stereocenters. The number of aromatic nitrogens is 3. The summed E-state index contributed by atoms with van der Waals surface area (Å²) in [6, 6.07) is 6.57. The molecule has 8 heteroatoms. The van der Waals surface area contributed by atoms with Gasteiger partial charge in [-0.3, -0.25) is 9.48 Å². The highest BCUT2D eigenvalue weighted by Crippen LogP contribution is 2.45. The average Bonchev–Trinajstić information content (AvgIpc) is 3.34. The van der Waals surface area contributed by atoms with E-state index in [-0.39, 0.29) is 17.4 Å². The van der Waals surface area contributed by atoms with E-state index in [4.69, 9.17) is 17.3 Å². The number of nitrogens with one attached hydrogen (secondary N) is 1. The largest absolute Gasteiger partial charge is 0.382 e. The Morgan fingerprint density at radius 3 is 2.65 bits per heavy atom. The van der Waals surface area contributed by atoms with Crippen molar-refractivity contribution in [1.82, 2.24) is 20.1 Å². The SMILES string of the molecule is CC(C)n1ncc2ccc(-c3cnc(N)c(Cl)c3N3CCC4(CCNC4=O)CC3)cc21. The van der Waals surface area contributed by atoms with Gasteiger partial charge in [0.1, 0.15) is 10.8 Å². The summed E-state index contributed by atoms with van der Waals surface area (Å²) in [5.74, 6) is 0.521. The van der Waals surface area contributed by atoms with Crippen molar-refractivity contribution in [1.29, 1.82) is 0 Å². The molecular weight excluding hydrogens is 412 g/mol. The summed E-state index contributed by atoms with van der Waals surface area (Å²) in [5, 5.41) is 9.10. The number of rotatable bonds is 3. The van der Waals surface area contributed by atoms with Crippen molar-refractivity contribution in [2.45, 2.75) is 39.2 Å². The number of nitrogen functional groups attached to an aromatic ring is 1. The van der Waals surface area contributed by atoms with Crippen LogP contribution >= 0.6 is 11.6 Å². The average molecular weight is 439 g/mol. The van der Waals surface area contributed by atoms with E-state index in [9.17, 15) is 4.79 Å². The molecule has 2 fully saturated rings. The van der Waals surface area contributed by atoms with E-state index < -0.39 is 0 Å². The Bertz CT molecular complexity index is 1160. The number of hydrogen-bond donors (Lipinski definition) is 2. The highest BCUT2D eigenvalue weighted by Gasteiger charge is 2.44. The molecule has 7 nitrogen and oxygen atoms in total. The summed E-state index contributed by atoms with van der Waals surface area (Å²) in [6.07, 6.45) is 6.24. The van der Waals surface area contributed by atoms with Crippen LogP contribution in [-0.2, 0) is 4.79 Å². The van der Waals surface area contributed by atoms with E-state index in [1.165, 1.54) is 0 Å². The highest BCUT2D eigenvalue weighted by molar-refractivity contribution is 6.36. The number of carbonyl (C=O) groups excluding carboxylic acids is 1. The number of carbonyl (C=O) groups is 1. The Labute approximate surface area is 186 Å². The number of piperidine rings is 1. The van der Waals surface area contributed by atoms with Gasteiger partial charge in [-0.2, -0.15) is 5.10 Å². The van der Waals surface area contributed by atoms with Crippen LogP contribution in [0.15, 0.2) is 30.6 Å². The first-order chi connectivity index (χ1) is 14.9. The minimum atomic E-state index is -0.232. The molecule has 0 bridgehead atoms. The Kier molecular flexibility index (Phi) is 4.81. The molecule has 0 aliphatic carbocycles. The normalized spacial score (nSPS) is 18.3. The summed E-state index contributed by atoms with van der Waals surface area (Å²) in [7, 11) is 0. The number of anilines is 2. The Morgan fingerprint density at radius 2 is 1.97 bits per heavy atom. The van der Waals surface area contributed by atoms with Crippen LogP contribution in [0.5, 0.6) is 0 Å². The van der Waals surface area contributed by atoms with Gasteiger partial charge in [-0.15, -0.1) is 0 Å². The summed E-state index contributed by atoms with van der Waals surface area (Å²) in [5.41, 5.74) is 9.82. The molecule has 2 aliphatic heterocycles. The predicted octanol–water partition coefficient (Wildman–Crippen LogP) is 4.02. The predicted molar refractivity (Wildman–Crippen MR) is 124 cm³/mol. The lowest BCUT2D eigenvalue weighted by Gasteiger charge is -2.39. The topological polar surface area (TPSA) is 89.1 Å². The van der Waals surface area contributed by atoms with Crippen LogP contribution < -0.4 is 16.0 Å². The lowest BCUT2D eigenvalue weighted by molar-refractivity contribution is -0.128. The van der Waals surface area contributed by atoms with Gasteiger partial charge in [0.15, 0.2) is 0 Å². The summed E-state index contributed by atoms with van der Waals surface area (Å²) < 4.78 is 2.02. The molecule has 0 saturated carbocycles. The fourth-order valence-electron chi connectivity index (χ4n) is 4.98. The molecular formula is C23H27ClN6O. The number of benzene rings is 1. The zero-order valence-corrected chi connectivity index (χ0v) is 18.6. The standard InChI is InChI=1S/C23H27ClN6O/c1-14(2)30-18-11-15(3-4-16(18)12-28-30)17-13-27-21(25)19(24)20(17)29-9-6-23(7-10-29)5-8-26-22(23)31/h3-4,11-14H,5-10H2,1-2H3,(H2,25,27)(H,26,31). The highest BCUT2D eigenvalue weighted by atomic mass is 35.5. The van der Waals surface area contributed by atoms with Crippen LogP contribution in [0, 0.1) is 5.41 Å². The smallest absolute Gasteiger partial charge is 0.226 e. The van der Waals surface area contributed by atoms with Gasteiger partial charge in [0, 0.05) is 42.8 Å². The number of halogens is 1. The van der Waals surface area contributed by atoms with Crippen molar-refractivity contribution in [3.63, 3.8) is 0 Å². The zero-order valence-electron chi connectivity index (χ0n) is 17.9. The van der Waals surface area contributed by atoms with Crippen LogP contribution in [-0.4, -0.2) is 40.3 Å². The second-order valence-electron chi connectivity index (χ2n) is 8.95. The molecule has 5 rings (SSSR count). The van der Waals surface area contributed by atoms with E-state index in [0.29, 0.717) is 10.8 Å². The molecule has 0 radical (unpaired) electrons. The molecule has 1 amide bonds. The Balaban J connectivity index is 1.55. The van der Waals surface area contributed by atoms with Crippen molar-refractivity contribution in [3.05, 3.63) is 35.6 Å². The van der Waals surface area contributed by atoms with Gasteiger partial charge < -0.3 is 16.0 Å².